The number of benzene rings is 1. The second-order valence-corrected chi connectivity index (χ2v) is 5.88. The van der Waals surface area contributed by atoms with Crippen LogP contribution in [0.1, 0.15) is 11.9 Å². The van der Waals surface area contributed by atoms with E-state index in [-0.39, 0.29) is 23.4 Å². The van der Waals surface area contributed by atoms with E-state index in [0.29, 0.717) is 11.4 Å². The van der Waals surface area contributed by atoms with Crippen molar-refractivity contribution < 1.29 is 14.7 Å². The number of hydrogen-bond acceptors (Lipinski definition) is 7. The van der Waals surface area contributed by atoms with Gasteiger partial charge >= 0.3 is 0 Å². The van der Waals surface area contributed by atoms with E-state index < -0.39 is 0 Å². The van der Waals surface area contributed by atoms with E-state index in [2.05, 4.69) is 15.0 Å². The van der Waals surface area contributed by atoms with E-state index >= 15 is 0 Å². The van der Waals surface area contributed by atoms with Crippen molar-refractivity contribution >= 4 is 11.8 Å². The van der Waals surface area contributed by atoms with E-state index in [0.717, 1.165) is 18.1 Å². The summed E-state index contributed by atoms with van der Waals surface area (Å²) in [5, 5.41) is 23.1. The van der Waals surface area contributed by atoms with E-state index in [1.807, 2.05) is 18.8 Å². The van der Waals surface area contributed by atoms with Crippen LogP contribution in [0.5, 0.6) is 11.5 Å². The Morgan fingerprint density at radius 2 is 2.25 bits per heavy atom. The first-order valence-corrected chi connectivity index (χ1v) is 7.44. The van der Waals surface area contributed by atoms with Crippen molar-refractivity contribution in [3.05, 3.63) is 24.0 Å². The molecule has 1 unspecified atom stereocenters. The molecule has 106 valence electrons. The van der Waals surface area contributed by atoms with Gasteiger partial charge in [-0.1, -0.05) is 5.16 Å². The number of thioether (sulfide) groups is 1. The maximum Gasteiger partial charge on any atom is 0.261 e. The number of rotatable bonds is 2. The molecule has 0 amide bonds. The first-order chi connectivity index (χ1) is 9.65. The van der Waals surface area contributed by atoms with Gasteiger partial charge in [0, 0.05) is 24.1 Å². The van der Waals surface area contributed by atoms with E-state index in [1.165, 1.54) is 12.1 Å². The SMILES string of the molecule is CN1CCSCC1c1noc(-c2ccc(O)cc2O)n1. The quantitative estimate of drug-likeness (QED) is 0.874. The average Bonchev–Trinajstić information content (AvgIpc) is 2.88. The van der Waals surface area contributed by atoms with Gasteiger partial charge in [-0.3, -0.25) is 4.90 Å². The Balaban J connectivity index is 1.89. The van der Waals surface area contributed by atoms with Crippen LogP contribution in [0.25, 0.3) is 11.5 Å². The lowest BCUT2D eigenvalue weighted by Gasteiger charge is -2.29. The minimum atomic E-state index is -0.0772. The summed E-state index contributed by atoms with van der Waals surface area (Å²) in [6.45, 7) is 0.990. The number of aromatic nitrogens is 2. The maximum absolute atomic E-state index is 9.81. The third kappa shape index (κ3) is 2.46. The number of hydrogen-bond donors (Lipinski definition) is 2. The summed E-state index contributed by atoms with van der Waals surface area (Å²) >= 11 is 1.87. The molecule has 3 rings (SSSR count). The molecule has 2 N–H and O–H groups in total. The van der Waals surface area contributed by atoms with Gasteiger partial charge in [-0.05, 0) is 19.2 Å². The molecule has 1 fully saturated rings. The van der Waals surface area contributed by atoms with Crippen molar-refractivity contribution in [3.63, 3.8) is 0 Å². The fourth-order valence-electron chi connectivity index (χ4n) is 2.14. The van der Waals surface area contributed by atoms with Crippen molar-refractivity contribution in [2.75, 3.05) is 25.1 Å². The molecule has 1 aliphatic heterocycles. The van der Waals surface area contributed by atoms with Crippen molar-refractivity contribution in [1.29, 1.82) is 0 Å². The molecular weight excluding hydrogens is 278 g/mol. The standard InChI is InChI=1S/C13H15N3O3S/c1-16-4-5-20-7-10(16)12-14-13(19-15-12)9-3-2-8(17)6-11(9)18/h2-3,6,10,17-18H,4-5,7H2,1H3. The fraction of sp³-hybridized carbons (Fsp3) is 0.385. The number of aromatic hydroxyl groups is 2. The summed E-state index contributed by atoms with van der Waals surface area (Å²) in [4.78, 5) is 6.57. The molecular formula is C13H15N3O3S. The van der Waals surface area contributed by atoms with Crippen LogP contribution in [0.3, 0.4) is 0 Å². The zero-order valence-electron chi connectivity index (χ0n) is 11.0. The highest BCUT2D eigenvalue weighted by Crippen LogP contribution is 2.33. The van der Waals surface area contributed by atoms with Crippen LogP contribution in [0.2, 0.25) is 0 Å². The summed E-state index contributed by atoms with van der Waals surface area (Å²) in [5.74, 6) is 2.85. The van der Waals surface area contributed by atoms with Gasteiger partial charge < -0.3 is 14.7 Å². The summed E-state index contributed by atoms with van der Waals surface area (Å²) in [6.07, 6.45) is 0. The molecule has 2 aromatic rings. The summed E-state index contributed by atoms with van der Waals surface area (Å²) < 4.78 is 5.23. The molecule has 1 aliphatic rings. The van der Waals surface area contributed by atoms with Gasteiger partial charge in [0.25, 0.3) is 5.89 Å². The molecule has 0 radical (unpaired) electrons. The first kappa shape index (κ1) is 13.3. The molecule has 1 atom stereocenters. The lowest BCUT2D eigenvalue weighted by molar-refractivity contribution is 0.257. The largest absolute Gasteiger partial charge is 0.508 e. The highest BCUT2D eigenvalue weighted by molar-refractivity contribution is 7.99. The third-order valence-electron chi connectivity index (χ3n) is 3.35. The molecule has 0 aliphatic carbocycles. The van der Waals surface area contributed by atoms with Crippen LogP contribution in [0.15, 0.2) is 22.7 Å². The van der Waals surface area contributed by atoms with Crippen LogP contribution >= 0.6 is 11.8 Å². The van der Waals surface area contributed by atoms with Gasteiger partial charge in [0.05, 0.1) is 11.6 Å². The Hall–Kier alpha value is -1.73. The highest BCUT2D eigenvalue weighted by atomic mass is 32.2. The van der Waals surface area contributed by atoms with Gasteiger partial charge in [-0.25, -0.2) is 0 Å². The van der Waals surface area contributed by atoms with Crippen LogP contribution in [-0.2, 0) is 0 Å². The van der Waals surface area contributed by atoms with Crippen LogP contribution in [-0.4, -0.2) is 50.4 Å². The predicted molar refractivity (Wildman–Crippen MR) is 75.8 cm³/mol. The molecule has 0 bridgehead atoms. The van der Waals surface area contributed by atoms with Crippen LogP contribution in [0.4, 0.5) is 0 Å². The number of nitrogens with zero attached hydrogens (tertiary/aromatic N) is 3. The summed E-state index contributed by atoms with van der Waals surface area (Å²) in [5.41, 5.74) is 0.424. The van der Waals surface area contributed by atoms with E-state index in [1.54, 1.807) is 6.07 Å². The topological polar surface area (TPSA) is 82.6 Å². The number of phenols is 2. The van der Waals surface area contributed by atoms with Gasteiger partial charge in [0.1, 0.15) is 11.5 Å². The van der Waals surface area contributed by atoms with Crippen molar-refractivity contribution in [2.24, 2.45) is 0 Å². The molecule has 0 spiro atoms. The van der Waals surface area contributed by atoms with Gasteiger partial charge in [0.2, 0.25) is 0 Å². The number of phenolic OH excluding ortho intramolecular Hbond substituents is 2. The minimum absolute atomic E-state index is 0.00518. The highest BCUT2D eigenvalue weighted by Gasteiger charge is 2.26. The third-order valence-corrected chi connectivity index (χ3v) is 4.37. The zero-order valence-corrected chi connectivity index (χ0v) is 11.8. The van der Waals surface area contributed by atoms with Gasteiger partial charge in [-0.2, -0.15) is 16.7 Å². The zero-order chi connectivity index (χ0) is 14.1. The monoisotopic (exact) mass is 293 g/mol. The minimum Gasteiger partial charge on any atom is -0.508 e. The molecule has 1 saturated heterocycles. The van der Waals surface area contributed by atoms with Gasteiger partial charge in [0.15, 0.2) is 5.82 Å². The molecule has 0 saturated carbocycles. The normalized spacial score (nSPS) is 20.1. The summed E-state index contributed by atoms with van der Waals surface area (Å²) in [6, 6.07) is 4.41. The lowest BCUT2D eigenvalue weighted by Crippen LogP contribution is -2.33. The Bertz CT molecular complexity index is 617. The Labute approximate surface area is 120 Å². The van der Waals surface area contributed by atoms with Crippen molar-refractivity contribution in [1.82, 2.24) is 15.0 Å². The predicted octanol–water partition coefficient (Wildman–Crippen LogP) is 1.87. The lowest BCUT2D eigenvalue weighted by atomic mass is 10.2. The van der Waals surface area contributed by atoms with Gasteiger partial charge in [-0.15, -0.1) is 0 Å². The maximum atomic E-state index is 9.81. The first-order valence-electron chi connectivity index (χ1n) is 6.29. The molecule has 20 heavy (non-hydrogen) atoms. The molecule has 1 aromatic heterocycles. The second kappa shape index (κ2) is 5.34. The average molecular weight is 293 g/mol. The van der Waals surface area contributed by atoms with Crippen LogP contribution < -0.4 is 0 Å². The fourth-order valence-corrected chi connectivity index (χ4v) is 3.35. The van der Waals surface area contributed by atoms with E-state index in [4.69, 9.17) is 4.52 Å². The van der Waals surface area contributed by atoms with Crippen molar-refractivity contribution in [2.45, 2.75) is 6.04 Å². The molecule has 7 heteroatoms. The second-order valence-electron chi connectivity index (χ2n) is 4.73. The Morgan fingerprint density at radius 1 is 1.40 bits per heavy atom. The Morgan fingerprint density at radius 3 is 3.00 bits per heavy atom. The van der Waals surface area contributed by atoms with Crippen molar-refractivity contribution in [3.8, 4) is 23.0 Å². The Kier molecular flexibility index (Phi) is 3.54. The van der Waals surface area contributed by atoms with Crippen LogP contribution in [0, 0.1) is 0 Å². The molecule has 2 heterocycles. The summed E-state index contributed by atoms with van der Waals surface area (Å²) in [7, 11) is 2.04. The van der Waals surface area contributed by atoms with E-state index in [9.17, 15) is 10.2 Å². The smallest absolute Gasteiger partial charge is 0.261 e. The molecule has 6 nitrogen and oxygen atoms in total. The molecule has 1 aromatic carbocycles.